The van der Waals surface area contributed by atoms with Gasteiger partial charge in [-0.05, 0) is 50.3 Å². The van der Waals surface area contributed by atoms with Gasteiger partial charge >= 0.3 is 0 Å². The fourth-order valence-corrected chi connectivity index (χ4v) is 4.92. The lowest BCUT2D eigenvalue weighted by Gasteiger charge is -2.21. The van der Waals surface area contributed by atoms with Gasteiger partial charge in [-0.3, -0.25) is 4.79 Å². The number of benzene rings is 1. The van der Waals surface area contributed by atoms with E-state index >= 15 is 0 Å². The van der Waals surface area contributed by atoms with E-state index in [1.54, 1.807) is 0 Å². The molecule has 1 saturated carbocycles. The number of nitrogens with one attached hydrogen (secondary N) is 2. The first-order valence-corrected chi connectivity index (χ1v) is 11.4. The van der Waals surface area contributed by atoms with Gasteiger partial charge in [-0.2, -0.15) is 0 Å². The van der Waals surface area contributed by atoms with Crippen LogP contribution in [0.25, 0.3) is 0 Å². The zero-order chi connectivity index (χ0) is 19.2. The highest BCUT2D eigenvalue weighted by molar-refractivity contribution is 8.01. The van der Waals surface area contributed by atoms with Gasteiger partial charge in [0.05, 0.1) is 11.8 Å². The van der Waals surface area contributed by atoms with Gasteiger partial charge in [-0.25, -0.2) is 0 Å². The van der Waals surface area contributed by atoms with Crippen LogP contribution in [0.1, 0.15) is 61.8 Å². The number of thioether (sulfide) groups is 1. The van der Waals surface area contributed by atoms with E-state index in [4.69, 9.17) is 0 Å². The Labute approximate surface area is 169 Å². The van der Waals surface area contributed by atoms with Crippen LogP contribution >= 0.6 is 23.1 Å². The summed E-state index contributed by atoms with van der Waals surface area (Å²) in [6.07, 6.45) is 6.33. The topological polar surface area (TPSA) is 66.9 Å². The van der Waals surface area contributed by atoms with Crippen LogP contribution in [0.2, 0.25) is 0 Å². The zero-order valence-electron chi connectivity index (χ0n) is 16.2. The average Bonchev–Trinajstić information content (AvgIpc) is 3.10. The molecule has 0 aliphatic heterocycles. The minimum Gasteiger partial charge on any atom is -0.357 e. The molecule has 1 aliphatic carbocycles. The van der Waals surface area contributed by atoms with Gasteiger partial charge in [0.1, 0.15) is 0 Å². The molecular weight excluding hydrogens is 376 g/mol. The van der Waals surface area contributed by atoms with Crippen LogP contribution in [0.4, 0.5) is 5.13 Å². The summed E-state index contributed by atoms with van der Waals surface area (Å²) in [4.78, 5) is 12.3. The molecule has 2 aromatic rings. The molecule has 5 nitrogen and oxygen atoms in total. The maximum atomic E-state index is 12.3. The fraction of sp³-hybridized carbons (Fsp3) is 0.550. The molecule has 3 rings (SSSR count). The molecule has 1 heterocycles. The molecule has 7 heteroatoms. The van der Waals surface area contributed by atoms with Crippen molar-refractivity contribution in [1.29, 1.82) is 0 Å². The van der Waals surface area contributed by atoms with Crippen LogP contribution in [-0.2, 0) is 4.79 Å². The van der Waals surface area contributed by atoms with Gasteiger partial charge in [-0.1, -0.05) is 60.6 Å². The maximum absolute atomic E-state index is 12.3. The van der Waals surface area contributed by atoms with Crippen molar-refractivity contribution in [3.8, 4) is 0 Å². The van der Waals surface area contributed by atoms with E-state index in [1.165, 1.54) is 66.3 Å². The highest BCUT2D eigenvalue weighted by Crippen LogP contribution is 2.28. The van der Waals surface area contributed by atoms with Gasteiger partial charge in [0.25, 0.3) is 0 Å². The first kappa shape index (κ1) is 20.1. The van der Waals surface area contributed by atoms with Gasteiger partial charge < -0.3 is 10.6 Å². The Morgan fingerprint density at radius 2 is 2.00 bits per heavy atom. The number of nitrogens with zero attached hydrogens (tertiary/aromatic N) is 2. The summed E-state index contributed by atoms with van der Waals surface area (Å²) in [6, 6.07) is 6.84. The van der Waals surface area contributed by atoms with Crippen molar-refractivity contribution < 1.29 is 4.79 Å². The molecule has 146 valence electrons. The highest BCUT2D eigenvalue weighted by atomic mass is 32.2. The molecule has 1 atom stereocenters. The Morgan fingerprint density at radius 1 is 1.22 bits per heavy atom. The molecule has 0 bridgehead atoms. The van der Waals surface area contributed by atoms with Crippen molar-refractivity contribution >= 4 is 34.1 Å². The van der Waals surface area contributed by atoms with Gasteiger partial charge in [-0.15, -0.1) is 10.2 Å². The molecule has 0 radical (unpaired) electrons. The Kier molecular flexibility index (Phi) is 7.13. The Balaban J connectivity index is 1.45. The summed E-state index contributed by atoms with van der Waals surface area (Å²) in [5.41, 5.74) is 3.64. The number of anilines is 1. The van der Waals surface area contributed by atoms with Crippen molar-refractivity contribution in [3.63, 3.8) is 0 Å². The summed E-state index contributed by atoms with van der Waals surface area (Å²) in [5, 5.41) is 15.8. The quantitative estimate of drug-likeness (QED) is 0.645. The number of carbonyl (C=O) groups is 1. The smallest absolute Gasteiger partial charge is 0.230 e. The summed E-state index contributed by atoms with van der Waals surface area (Å²) in [6.45, 7) is 6.21. The largest absolute Gasteiger partial charge is 0.357 e. The molecular formula is C20H28N4OS2. The number of hydrogen-bond acceptors (Lipinski definition) is 6. The van der Waals surface area contributed by atoms with E-state index in [-0.39, 0.29) is 11.9 Å². The van der Waals surface area contributed by atoms with Gasteiger partial charge in [0.15, 0.2) is 4.34 Å². The third kappa shape index (κ3) is 5.94. The second-order valence-corrected chi connectivity index (χ2v) is 9.47. The molecule has 1 amide bonds. The van der Waals surface area contributed by atoms with E-state index in [0.29, 0.717) is 11.8 Å². The summed E-state index contributed by atoms with van der Waals surface area (Å²) in [5.74, 6) is 0.371. The third-order valence-corrected chi connectivity index (χ3v) is 7.06. The predicted octanol–water partition coefficient (Wildman–Crippen LogP) is 4.87. The van der Waals surface area contributed by atoms with Crippen molar-refractivity contribution in [1.82, 2.24) is 15.5 Å². The Bertz CT molecular complexity index is 771. The highest BCUT2D eigenvalue weighted by Gasteiger charge is 2.16. The third-order valence-electron chi connectivity index (χ3n) is 5.07. The molecule has 0 spiro atoms. The van der Waals surface area contributed by atoms with Crippen LogP contribution in [0.5, 0.6) is 0 Å². The standard InChI is InChI=1S/C20H28N4OS2/c1-13-9-10-16(11-14(13)2)15(3)21-18(25)12-26-20-24-23-19(27-20)22-17-7-5-4-6-8-17/h9-11,15,17H,4-8,12H2,1-3H3,(H,21,25)(H,22,23). The van der Waals surface area contributed by atoms with E-state index in [0.717, 1.165) is 15.0 Å². The van der Waals surface area contributed by atoms with Crippen LogP contribution in [0, 0.1) is 13.8 Å². The molecule has 1 aromatic heterocycles. The average molecular weight is 405 g/mol. The molecule has 0 saturated heterocycles. The second kappa shape index (κ2) is 9.55. The van der Waals surface area contributed by atoms with Crippen LogP contribution in [0.3, 0.4) is 0 Å². The monoisotopic (exact) mass is 404 g/mol. The minimum atomic E-state index is -0.00431. The SMILES string of the molecule is Cc1ccc(C(C)NC(=O)CSc2nnc(NC3CCCCC3)s2)cc1C. The number of carbonyl (C=O) groups excluding carboxylic acids is 1. The molecule has 27 heavy (non-hydrogen) atoms. The summed E-state index contributed by atoms with van der Waals surface area (Å²) in [7, 11) is 0. The number of hydrogen-bond donors (Lipinski definition) is 2. The van der Waals surface area contributed by atoms with Crippen LogP contribution in [0.15, 0.2) is 22.5 Å². The summed E-state index contributed by atoms with van der Waals surface area (Å²) < 4.78 is 0.835. The predicted molar refractivity (Wildman–Crippen MR) is 114 cm³/mol. The van der Waals surface area contributed by atoms with Crippen LogP contribution in [-0.4, -0.2) is 27.9 Å². The first-order chi connectivity index (χ1) is 13.0. The van der Waals surface area contributed by atoms with E-state index < -0.39 is 0 Å². The lowest BCUT2D eigenvalue weighted by atomic mass is 9.96. The maximum Gasteiger partial charge on any atom is 0.230 e. The molecule has 1 unspecified atom stereocenters. The number of aromatic nitrogens is 2. The number of amides is 1. The fourth-order valence-electron chi connectivity index (χ4n) is 3.28. The van der Waals surface area contributed by atoms with Crippen molar-refractivity contribution in [2.45, 2.75) is 69.3 Å². The van der Waals surface area contributed by atoms with E-state index in [2.05, 4.69) is 52.9 Å². The van der Waals surface area contributed by atoms with E-state index in [9.17, 15) is 4.79 Å². The normalized spacial score (nSPS) is 16.1. The zero-order valence-corrected chi connectivity index (χ0v) is 17.9. The number of aryl methyl sites for hydroxylation is 2. The van der Waals surface area contributed by atoms with Crippen molar-refractivity contribution in [2.24, 2.45) is 0 Å². The minimum absolute atomic E-state index is 0.00431. The van der Waals surface area contributed by atoms with E-state index in [1.807, 2.05) is 6.92 Å². The molecule has 1 aromatic carbocycles. The summed E-state index contributed by atoms with van der Waals surface area (Å²) >= 11 is 2.98. The van der Waals surface area contributed by atoms with Gasteiger partial charge in [0.2, 0.25) is 11.0 Å². The Hall–Kier alpha value is -1.60. The van der Waals surface area contributed by atoms with Crippen LogP contribution < -0.4 is 10.6 Å². The number of rotatable bonds is 7. The molecule has 1 aliphatic rings. The lowest BCUT2D eigenvalue weighted by molar-refractivity contribution is -0.119. The molecule has 1 fully saturated rings. The van der Waals surface area contributed by atoms with Gasteiger partial charge in [0, 0.05) is 6.04 Å². The molecule has 2 N–H and O–H groups in total. The second-order valence-electron chi connectivity index (χ2n) is 7.27. The van der Waals surface area contributed by atoms with Crippen molar-refractivity contribution in [2.75, 3.05) is 11.1 Å². The lowest BCUT2D eigenvalue weighted by Crippen LogP contribution is -2.28. The Morgan fingerprint density at radius 3 is 2.74 bits per heavy atom. The van der Waals surface area contributed by atoms with Crippen molar-refractivity contribution in [3.05, 3.63) is 34.9 Å². The first-order valence-electron chi connectivity index (χ1n) is 9.60.